The largest absolute Gasteiger partial charge is 0.452 e. The summed E-state index contributed by atoms with van der Waals surface area (Å²) in [5.41, 5.74) is 3.31. The van der Waals surface area contributed by atoms with Gasteiger partial charge in [0.25, 0.3) is 0 Å². The Morgan fingerprint density at radius 2 is 1.78 bits per heavy atom. The van der Waals surface area contributed by atoms with E-state index in [-0.39, 0.29) is 11.5 Å². The van der Waals surface area contributed by atoms with Gasteiger partial charge in [-0.1, -0.05) is 48.5 Å². The van der Waals surface area contributed by atoms with Gasteiger partial charge in [0, 0.05) is 41.9 Å². The summed E-state index contributed by atoms with van der Waals surface area (Å²) in [5, 5.41) is 1.04. The Kier molecular flexibility index (Phi) is 4.92. The van der Waals surface area contributed by atoms with E-state index in [0.717, 1.165) is 22.0 Å². The summed E-state index contributed by atoms with van der Waals surface area (Å²) < 4.78 is 13.2. The summed E-state index contributed by atoms with van der Waals surface area (Å²) in [4.78, 5) is 25.0. The minimum atomic E-state index is -0.510. The van der Waals surface area contributed by atoms with Crippen LogP contribution in [0.2, 0.25) is 0 Å². The molecule has 156 valence electrons. The molecule has 1 aliphatic rings. The van der Waals surface area contributed by atoms with Crippen LogP contribution >= 0.6 is 0 Å². The van der Waals surface area contributed by atoms with E-state index >= 15 is 0 Å². The number of hydrogen-bond donors (Lipinski definition) is 0. The van der Waals surface area contributed by atoms with E-state index in [1.807, 2.05) is 72.4 Å². The van der Waals surface area contributed by atoms with E-state index < -0.39 is 5.97 Å². The van der Waals surface area contributed by atoms with Gasteiger partial charge in [0.2, 0.25) is 5.78 Å². The molecule has 0 N–H and O–H groups in total. The van der Waals surface area contributed by atoms with E-state index in [4.69, 9.17) is 9.47 Å². The Morgan fingerprint density at radius 3 is 2.62 bits per heavy atom. The van der Waals surface area contributed by atoms with E-state index in [2.05, 4.69) is 0 Å². The lowest BCUT2D eigenvalue weighted by atomic mass is 10.1. The third-order valence-corrected chi connectivity index (χ3v) is 5.29. The Bertz CT molecular complexity index is 1410. The smallest absolute Gasteiger partial charge is 0.336 e. The third-order valence-electron chi connectivity index (χ3n) is 5.29. The van der Waals surface area contributed by atoms with Crippen molar-refractivity contribution in [2.75, 3.05) is 0 Å². The first kappa shape index (κ1) is 19.6. The van der Waals surface area contributed by atoms with Crippen LogP contribution in [0.3, 0.4) is 0 Å². The van der Waals surface area contributed by atoms with Crippen molar-refractivity contribution in [3.05, 3.63) is 108 Å². The quantitative estimate of drug-likeness (QED) is 0.251. The van der Waals surface area contributed by atoms with Gasteiger partial charge in [-0.3, -0.25) is 4.79 Å². The van der Waals surface area contributed by atoms with Crippen molar-refractivity contribution in [3.8, 4) is 11.5 Å². The van der Waals surface area contributed by atoms with Gasteiger partial charge >= 0.3 is 5.97 Å². The second-order valence-electron chi connectivity index (χ2n) is 7.48. The zero-order valence-corrected chi connectivity index (χ0v) is 17.3. The zero-order chi connectivity index (χ0) is 22.1. The number of fused-ring (bicyclic) bond motifs is 2. The number of ether oxygens (including phenoxy) is 2. The van der Waals surface area contributed by atoms with Crippen molar-refractivity contribution in [2.45, 2.75) is 0 Å². The molecule has 5 nitrogen and oxygen atoms in total. The Hall–Kier alpha value is -4.38. The van der Waals surface area contributed by atoms with Crippen LogP contribution in [0.5, 0.6) is 11.5 Å². The van der Waals surface area contributed by atoms with Gasteiger partial charge in [0.05, 0.1) is 5.56 Å². The van der Waals surface area contributed by atoms with Crippen LogP contribution in [0.1, 0.15) is 21.5 Å². The Balaban J connectivity index is 1.36. The molecule has 0 saturated heterocycles. The number of carbonyl (C=O) groups is 2. The van der Waals surface area contributed by atoms with Gasteiger partial charge in [-0.15, -0.1) is 0 Å². The number of carbonyl (C=O) groups excluding carboxylic acids is 2. The second kappa shape index (κ2) is 8.04. The number of rotatable bonds is 4. The van der Waals surface area contributed by atoms with Crippen molar-refractivity contribution in [1.82, 2.24) is 4.57 Å². The monoisotopic (exact) mass is 421 g/mol. The number of nitrogens with zero attached hydrogens (tertiary/aromatic N) is 1. The fraction of sp³-hybridized carbons (Fsp3) is 0.0370. The highest BCUT2D eigenvalue weighted by molar-refractivity contribution is 6.15. The molecule has 0 unspecified atom stereocenters. The molecular formula is C27H19NO4. The predicted octanol–water partition coefficient (Wildman–Crippen LogP) is 5.41. The summed E-state index contributed by atoms with van der Waals surface area (Å²) >= 11 is 0. The molecule has 1 aliphatic heterocycles. The van der Waals surface area contributed by atoms with Gasteiger partial charge < -0.3 is 14.0 Å². The molecule has 0 spiro atoms. The normalized spacial score (nSPS) is 14.2. The number of Topliss-reactive ketones (excluding diaryl/α,β-unsaturated/α-hetero) is 1. The lowest BCUT2D eigenvalue weighted by molar-refractivity contribution is -0.128. The van der Waals surface area contributed by atoms with E-state index in [0.29, 0.717) is 17.1 Å². The van der Waals surface area contributed by atoms with Gasteiger partial charge in [-0.2, -0.15) is 0 Å². The highest BCUT2D eigenvalue weighted by atomic mass is 16.5. The number of ketones is 1. The topological polar surface area (TPSA) is 57.5 Å². The van der Waals surface area contributed by atoms with Crippen LogP contribution in [0, 0.1) is 0 Å². The fourth-order valence-corrected chi connectivity index (χ4v) is 3.74. The molecule has 32 heavy (non-hydrogen) atoms. The molecule has 5 rings (SSSR count). The molecule has 3 aromatic carbocycles. The number of aryl methyl sites for hydroxylation is 1. The summed E-state index contributed by atoms with van der Waals surface area (Å²) in [6.45, 7) is 0. The van der Waals surface area contributed by atoms with Crippen molar-refractivity contribution in [2.24, 2.45) is 7.05 Å². The molecule has 0 fully saturated rings. The standard InChI is InChI=1S/C27H19NO4/c1-28-17-19(21-9-5-6-10-23(21)28)15-25-27(30)22-13-12-20(16-24(22)32-25)31-26(29)14-11-18-7-3-2-4-8-18/h2-17H,1H3/b14-11+,25-15+. The second-order valence-corrected chi connectivity index (χ2v) is 7.48. The van der Waals surface area contributed by atoms with Crippen LogP contribution in [-0.2, 0) is 11.8 Å². The van der Waals surface area contributed by atoms with Gasteiger partial charge in [-0.25, -0.2) is 4.79 Å². The molecule has 2 heterocycles. The Labute approximate surface area is 184 Å². The molecule has 1 aromatic heterocycles. The maximum Gasteiger partial charge on any atom is 0.336 e. The van der Waals surface area contributed by atoms with Crippen molar-refractivity contribution in [1.29, 1.82) is 0 Å². The fourth-order valence-electron chi connectivity index (χ4n) is 3.74. The lowest BCUT2D eigenvalue weighted by Crippen LogP contribution is -2.03. The summed E-state index contributed by atoms with van der Waals surface area (Å²) in [6.07, 6.45) is 6.75. The number of benzene rings is 3. The Morgan fingerprint density at radius 1 is 1.00 bits per heavy atom. The van der Waals surface area contributed by atoms with Crippen molar-refractivity contribution >= 4 is 34.8 Å². The first-order valence-corrected chi connectivity index (χ1v) is 10.2. The number of esters is 1. The van der Waals surface area contributed by atoms with Crippen LogP contribution in [-0.4, -0.2) is 16.3 Å². The minimum Gasteiger partial charge on any atom is -0.452 e. The molecule has 4 aromatic rings. The number of para-hydroxylation sites is 1. The van der Waals surface area contributed by atoms with Crippen molar-refractivity contribution < 1.29 is 19.1 Å². The zero-order valence-electron chi connectivity index (χ0n) is 17.3. The van der Waals surface area contributed by atoms with Crippen LogP contribution in [0.15, 0.2) is 90.8 Å². The average Bonchev–Trinajstić information content (AvgIpc) is 3.29. The maximum atomic E-state index is 12.8. The molecule has 0 radical (unpaired) electrons. The van der Waals surface area contributed by atoms with E-state index in [9.17, 15) is 9.59 Å². The first-order chi connectivity index (χ1) is 15.6. The average molecular weight is 421 g/mol. The first-order valence-electron chi connectivity index (χ1n) is 10.2. The highest BCUT2D eigenvalue weighted by Crippen LogP contribution is 2.35. The minimum absolute atomic E-state index is 0.199. The summed E-state index contributed by atoms with van der Waals surface area (Å²) in [5.74, 6) is 0.215. The molecule has 0 amide bonds. The molecule has 0 saturated carbocycles. The number of hydrogen-bond acceptors (Lipinski definition) is 4. The molecule has 0 bridgehead atoms. The van der Waals surface area contributed by atoms with Crippen LogP contribution in [0.4, 0.5) is 0 Å². The summed E-state index contributed by atoms with van der Waals surface area (Å²) in [6, 6.07) is 22.2. The lowest BCUT2D eigenvalue weighted by Gasteiger charge is -2.03. The van der Waals surface area contributed by atoms with Gasteiger partial charge in [0.1, 0.15) is 11.5 Å². The third kappa shape index (κ3) is 3.72. The van der Waals surface area contributed by atoms with E-state index in [1.54, 1.807) is 30.4 Å². The maximum absolute atomic E-state index is 12.8. The molecular weight excluding hydrogens is 402 g/mol. The van der Waals surface area contributed by atoms with Crippen LogP contribution in [0.25, 0.3) is 23.1 Å². The predicted molar refractivity (Wildman–Crippen MR) is 123 cm³/mol. The number of aromatic nitrogens is 1. The van der Waals surface area contributed by atoms with Gasteiger partial charge in [0.15, 0.2) is 5.76 Å². The number of allylic oxidation sites excluding steroid dienone is 1. The molecule has 0 atom stereocenters. The molecule has 5 heteroatoms. The summed E-state index contributed by atoms with van der Waals surface area (Å²) in [7, 11) is 1.96. The molecule has 0 aliphatic carbocycles. The highest BCUT2D eigenvalue weighted by Gasteiger charge is 2.28. The SMILES string of the molecule is Cn1cc(/C=C2/Oc3cc(OC(=O)/C=C/c4ccccc4)ccc3C2=O)c2ccccc21. The van der Waals surface area contributed by atoms with Gasteiger partial charge in [-0.05, 0) is 35.9 Å². The van der Waals surface area contributed by atoms with E-state index in [1.165, 1.54) is 6.08 Å². The van der Waals surface area contributed by atoms with Crippen LogP contribution < -0.4 is 9.47 Å². The van der Waals surface area contributed by atoms with Crippen molar-refractivity contribution in [3.63, 3.8) is 0 Å².